The number of hydrogen-bond acceptors (Lipinski definition) is 0. The molecule has 0 radical (unpaired) electrons. The van der Waals surface area contributed by atoms with E-state index in [0.717, 1.165) is 6.54 Å². The highest BCUT2D eigenvalue weighted by Gasteiger charge is 2.46. The molecule has 0 aromatic heterocycles. The average molecular weight is 531 g/mol. The Bertz CT molecular complexity index is 1230. The molecule has 0 spiro atoms. The zero-order chi connectivity index (χ0) is 25.6. The summed E-state index contributed by atoms with van der Waals surface area (Å²) in [6, 6.07) is 56.5. The predicted octanol–water partition coefficient (Wildman–Crippen LogP) is 5.09. The van der Waals surface area contributed by atoms with Gasteiger partial charge in [0.15, 0.2) is 0 Å². The lowest BCUT2D eigenvalue weighted by atomic mass is 10.2. The normalized spacial score (nSPS) is 17.7. The first kappa shape index (κ1) is 25.2. The summed E-state index contributed by atoms with van der Waals surface area (Å²) < 4.78 is 0. The summed E-state index contributed by atoms with van der Waals surface area (Å²) in [6.07, 6.45) is 0. The summed E-state index contributed by atoms with van der Waals surface area (Å²) in [4.78, 5) is 1.71. The SMILES string of the molecule is c1ccc(C[NH+]2C[C@@H](P(c3ccccc3)c3ccccc3)[C@H](P(c3ccccc3)c3ccccc3)C2)cc1. The molecule has 1 nitrogen and oxygen atoms in total. The fraction of sp³-hybridized carbons (Fsp3) is 0.143. The van der Waals surface area contributed by atoms with Gasteiger partial charge in [0.25, 0.3) is 0 Å². The Morgan fingerprint density at radius 1 is 0.421 bits per heavy atom. The summed E-state index contributed by atoms with van der Waals surface area (Å²) in [6.45, 7) is 3.49. The van der Waals surface area contributed by atoms with E-state index in [1.165, 1.54) is 39.9 Å². The van der Waals surface area contributed by atoms with Crippen molar-refractivity contribution in [3.05, 3.63) is 157 Å². The van der Waals surface area contributed by atoms with Crippen LogP contribution in [0, 0.1) is 0 Å². The van der Waals surface area contributed by atoms with Crippen LogP contribution in [-0.4, -0.2) is 24.4 Å². The Kier molecular flexibility index (Phi) is 8.09. The van der Waals surface area contributed by atoms with Crippen molar-refractivity contribution < 1.29 is 4.90 Å². The average Bonchev–Trinajstić information content (AvgIpc) is 3.38. The standard InChI is InChI=1S/C35H33NP2/c1-6-16-29(17-7-1)26-36-27-34(37(30-18-8-2-9-19-30)31-20-10-3-11-21-31)35(28-36)38(32-22-12-4-13-23-32)33-24-14-5-15-25-33/h1-25,34-35H,26-28H2/p+1/t34-,35-/m1/s1. The first-order chi connectivity index (χ1) is 18.9. The van der Waals surface area contributed by atoms with Gasteiger partial charge in [0.05, 0.1) is 13.1 Å². The molecule has 2 atom stereocenters. The van der Waals surface area contributed by atoms with Crippen LogP contribution in [0.15, 0.2) is 152 Å². The summed E-state index contributed by atoms with van der Waals surface area (Å²) in [7, 11) is -1.02. The zero-order valence-electron chi connectivity index (χ0n) is 21.6. The fourth-order valence-electron chi connectivity index (χ4n) is 5.92. The molecule has 1 saturated heterocycles. The van der Waals surface area contributed by atoms with Crippen molar-refractivity contribution in [2.75, 3.05) is 13.1 Å². The maximum atomic E-state index is 2.37. The lowest BCUT2D eigenvalue weighted by Gasteiger charge is -2.33. The summed E-state index contributed by atoms with van der Waals surface area (Å²) in [5, 5.41) is 6.00. The second kappa shape index (κ2) is 12.2. The van der Waals surface area contributed by atoms with E-state index in [2.05, 4.69) is 152 Å². The molecular formula is C35H34NP2+. The molecular weight excluding hydrogens is 496 g/mol. The highest BCUT2D eigenvalue weighted by molar-refractivity contribution is 7.77. The topological polar surface area (TPSA) is 4.44 Å². The Hall–Kier alpha value is -3.08. The predicted molar refractivity (Wildman–Crippen MR) is 167 cm³/mol. The molecule has 6 rings (SSSR count). The summed E-state index contributed by atoms with van der Waals surface area (Å²) >= 11 is 0. The van der Waals surface area contributed by atoms with E-state index >= 15 is 0 Å². The first-order valence-electron chi connectivity index (χ1n) is 13.5. The highest BCUT2D eigenvalue weighted by Crippen LogP contribution is 2.52. The molecule has 0 amide bonds. The number of quaternary nitrogens is 1. The highest BCUT2D eigenvalue weighted by atomic mass is 31.1. The molecule has 38 heavy (non-hydrogen) atoms. The van der Waals surface area contributed by atoms with Crippen molar-refractivity contribution in [1.29, 1.82) is 0 Å². The fourth-order valence-corrected chi connectivity index (χ4v) is 12.6. The van der Waals surface area contributed by atoms with Crippen LogP contribution in [-0.2, 0) is 6.54 Å². The van der Waals surface area contributed by atoms with Crippen LogP contribution >= 0.6 is 15.8 Å². The zero-order valence-corrected chi connectivity index (χ0v) is 23.4. The number of likely N-dealkylation sites (tertiary alicyclic amines) is 1. The quantitative estimate of drug-likeness (QED) is 0.267. The van der Waals surface area contributed by atoms with Gasteiger partial charge in [-0.1, -0.05) is 152 Å². The van der Waals surface area contributed by atoms with Crippen molar-refractivity contribution in [3.8, 4) is 0 Å². The van der Waals surface area contributed by atoms with Crippen LogP contribution < -0.4 is 26.1 Å². The lowest BCUT2D eigenvalue weighted by Crippen LogP contribution is -3.09. The maximum absolute atomic E-state index is 2.37. The van der Waals surface area contributed by atoms with Crippen molar-refractivity contribution in [1.82, 2.24) is 0 Å². The van der Waals surface area contributed by atoms with Gasteiger partial charge < -0.3 is 4.90 Å². The van der Waals surface area contributed by atoms with Crippen LogP contribution in [0.25, 0.3) is 0 Å². The van der Waals surface area contributed by atoms with Crippen molar-refractivity contribution in [2.24, 2.45) is 0 Å². The van der Waals surface area contributed by atoms with Crippen molar-refractivity contribution in [3.63, 3.8) is 0 Å². The summed E-state index contributed by atoms with van der Waals surface area (Å²) in [5.74, 6) is 0. The van der Waals surface area contributed by atoms with E-state index < -0.39 is 15.8 Å². The third kappa shape index (κ3) is 5.67. The van der Waals surface area contributed by atoms with Gasteiger partial charge in [0, 0.05) is 16.9 Å². The molecule has 1 aliphatic rings. The number of rotatable bonds is 8. The molecule has 5 aromatic rings. The van der Waals surface area contributed by atoms with Gasteiger partial charge in [-0.05, 0) is 37.1 Å². The maximum Gasteiger partial charge on any atom is 0.103 e. The van der Waals surface area contributed by atoms with E-state index in [-0.39, 0.29) is 0 Å². The third-order valence-corrected chi connectivity index (χ3v) is 13.6. The molecule has 0 aliphatic carbocycles. The van der Waals surface area contributed by atoms with Gasteiger partial charge in [-0.25, -0.2) is 0 Å². The van der Waals surface area contributed by atoms with Gasteiger partial charge in [-0.3, -0.25) is 0 Å². The Morgan fingerprint density at radius 2 is 0.711 bits per heavy atom. The number of nitrogens with one attached hydrogen (secondary N) is 1. The molecule has 3 heteroatoms. The van der Waals surface area contributed by atoms with Crippen molar-refractivity contribution >= 4 is 37.1 Å². The van der Waals surface area contributed by atoms with E-state index in [9.17, 15) is 0 Å². The largest absolute Gasteiger partial charge is 0.330 e. The Labute approximate surface area is 229 Å². The third-order valence-electron chi connectivity index (χ3n) is 7.54. The van der Waals surface area contributed by atoms with Crippen molar-refractivity contribution in [2.45, 2.75) is 17.9 Å². The second-order valence-corrected chi connectivity index (χ2v) is 14.9. The van der Waals surface area contributed by atoms with E-state index in [0.29, 0.717) is 11.3 Å². The van der Waals surface area contributed by atoms with Gasteiger partial charge in [-0.15, -0.1) is 0 Å². The van der Waals surface area contributed by atoms with Crippen LogP contribution in [0.5, 0.6) is 0 Å². The molecule has 0 saturated carbocycles. The number of hydrogen-bond donors (Lipinski definition) is 1. The van der Waals surface area contributed by atoms with Crippen LogP contribution in [0.2, 0.25) is 0 Å². The Morgan fingerprint density at radius 3 is 1.03 bits per heavy atom. The monoisotopic (exact) mass is 530 g/mol. The molecule has 0 unspecified atom stereocenters. The van der Waals surface area contributed by atoms with E-state index in [1.54, 1.807) is 4.90 Å². The summed E-state index contributed by atoms with van der Waals surface area (Å²) in [5.41, 5.74) is 2.63. The van der Waals surface area contributed by atoms with Gasteiger partial charge in [-0.2, -0.15) is 0 Å². The Balaban J connectivity index is 1.47. The van der Waals surface area contributed by atoms with Crippen LogP contribution in [0.3, 0.4) is 0 Å². The smallest absolute Gasteiger partial charge is 0.103 e. The van der Waals surface area contributed by atoms with Gasteiger partial charge in [0.2, 0.25) is 0 Å². The first-order valence-corrected chi connectivity index (χ1v) is 16.3. The number of benzene rings is 5. The van der Waals surface area contributed by atoms with Crippen LogP contribution in [0.1, 0.15) is 5.56 Å². The molecule has 1 aliphatic heterocycles. The molecule has 5 aromatic carbocycles. The van der Waals surface area contributed by atoms with Gasteiger partial charge >= 0.3 is 0 Å². The molecule has 1 heterocycles. The minimum atomic E-state index is -0.510. The van der Waals surface area contributed by atoms with E-state index in [1.807, 2.05) is 0 Å². The van der Waals surface area contributed by atoms with Crippen LogP contribution in [0.4, 0.5) is 0 Å². The molecule has 188 valence electrons. The minimum Gasteiger partial charge on any atom is -0.330 e. The van der Waals surface area contributed by atoms with E-state index in [4.69, 9.17) is 0 Å². The second-order valence-electron chi connectivity index (χ2n) is 10.0. The van der Waals surface area contributed by atoms with Gasteiger partial charge in [0.1, 0.15) is 6.54 Å². The molecule has 1 fully saturated rings. The molecule has 1 N–H and O–H groups in total. The lowest BCUT2D eigenvalue weighted by molar-refractivity contribution is -0.900. The minimum absolute atomic E-state index is 0.510. The molecule has 0 bridgehead atoms.